The fraction of sp³-hybridized carbons (Fsp3) is 0.469. The summed E-state index contributed by atoms with van der Waals surface area (Å²) in [5.41, 5.74) is 4.38. The van der Waals surface area contributed by atoms with Crippen molar-refractivity contribution in [1.29, 1.82) is 0 Å². The van der Waals surface area contributed by atoms with Gasteiger partial charge in [-0.25, -0.2) is 13.2 Å². The molecule has 3 saturated heterocycles. The molecule has 0 bridgehead atoms. The van der Waals surface area contributed by atoms with Crippen molar-refractivity contribution < 1.29 is 22.7 Å². The van der Waals surface area contributed by atoms with E-state index in [1.54, 1.807) is 6.07 Å². The Balaban J connectivity index is 1.27. The first-order valence-electron chi connectivity index (χ1n) is 14.8. The Hall–Kier alpha value is -3.66. The van der Waals surface area contributed by atoms with Crippen LogP contribution in [0, 0.1) is 5.82 Å². The summed E-state index contributed by atoms with van der Waals surface area (Å²) in [6.45, 7) is 4.60. The SMILES string of the molecule is C=C(F)C(=O)N1CCC2[C@H]1CN2c1nc(OC[C@@H]2C[C@@H](F)CN2C)nc2cc(-c3cccc4c3CCCC4)c(F)cc12. The number of likely N-dealkylation sites (N-methyl/N-ethyl adjacent to an activating group) is 1. The van der Waals surface area contributed by atoms with Gasteiger partial charge in [-0.05, 0) is 74.4 Å². The molecule has 4 atom stereocenters. The Kier molecular flexibility index (Phi) is 6.84. The van der Waals surface area contributed by atoms with Gasteiger partial charge >= 0.3 is 6.01 Å². The number of amides is 1. The molecule has 1 amide bonds. The summed E-state index contributed by atoms with van der Waals surface area (Å²) in [7, 11) is 1.87. The van der Waals surface area contributed by atoms with Gasteiger partial charge < -0.3 is 14.5 Å². The van der Waals surface area contributed by atoms with Gasteiger partial charge in [0.1, 0.15) is 24.4 Å². The van der Waals surface area contributed by atoms with Crippen LogP contribution in [0.5, 0.6) is 6.01 Å². The van der Waals surface area contributed by atoms with Crippen LogP contribution < -0.4 is 9.64 Å². The molecule has 3 aliphatic heterocycles. The number of carbonyl (C=O) groups excluding carboxylic acids is 1. The van der Waals surface area contributed by atoms with E-state index in [1.807, 2.05) is 29.0 Å². The van der Waals surface area contributed by atoms with Gasteiger partial charge in [0.25, 0.3) is 5.91 Å². The molecule has 3 aromatic rings. The number of anilines is 1. The summed E-state index contributed by atoms with van der Waals surface area (Å²) in [5, 5.41) is 0.549. The zero-order valence-electron chi connectivity index (χ0n) is 23.7. The van der Waals surface area contributed by atoms with E-state index in [0.717, 1.165) is 31.2 Å². The van der Waals surface area contributed by atoms with Crippen molar-refractivity contribution in [2.24, 2.45) is 0 Å². The number of rotatable bonds is 6. The number of likely N-dealkylation sites (tertiary alicyclic amines) is 2. The number of hydrogen-bond donors (Lipinski definition) is 0. The van der Waals surface area contributed by atoms with Gasteiger partial charge in [0.05, 0.1) is 17.6 Å². The van der Waals surface area contributed by atoms with Crippen molar-refractivity contribution in [1.82, 2.24) is 19.8 Å². The van der Waals surface area contributed by atoms with Crippen molar-refractivity contribution in [3.05, 3.63) is 59.7 Å². The molecule has 0 N–H and O–H groups in total. The minimum Gasteiger partial charge on any atom is -0.462 e. The van der Waals surface area contributed by atoms with Crippen LogP contribution in [0.2, 0.25) is 0 Å². The number of aryl methyl sites for hydroxylation is 1. The van der Waals surface area contributed by atoms with Crippen LogP contribution in [-0.2, 0) is 17.6 Å². The number of benzene rings is 2. The first-order valence-corrected chi connectivity index (χ1v) is 14.8. The normalized spacial score (nSPS) is 25.3. The number of halogens is 3. The highest BCUT2D eigenvalue weighted by atomic mass is 19.1. The molecule has 4 aliphatic rings. The van der Waals surface area contributed by atoms with Crippen molar-refractivity contribution in [2.75, 3.05) is 38.2 Å². The fourth-order valence-corrected chi connectivity index (χ4v) is 7.28. The number of ether oxygens (including phenoxy) is 1. The van der Waals surface area contributed by atoms with E-state index in [4.69, 9.17) is 14.7 Å². The second kappa shape index (κ2) is 10.6. The van der Waals surface area contributed by atoms with Gasteiger partial charge in [-0.1, -0.05) is 24.8 Å². The van der Waals surface area contributed by atoms with Gasteiger partial charge in [-0.3, -0.25) is 9.69 Å². The lowest BCUT2D eigenvalue weighted by molar-refractivity contribution is -0.130. The number of nitrogens with zero attached hydrogens (tertiary/aromatic N) is 5. The van der Waals surface area contributed by atoms with Crippen LogP contribution in [0.3, 0.4) is 0 Å². The molecule has 220 valence electrons. The van der Waals surface area contributed by atoms with E-state index in [-0.39, 0.29) is 36.6 Å². The number of fused-ring (bicyclic) bond motifs is 3. The number of aromatic nitrogens is 2. The maximum atomic E-state index is 15.9. The number of alkyl halides is 1. The molecule has 0 spiro atoms. The van der Waals surface area contributed by atoms with Gasteiger partial charge in [-0.15, -0.1) is 0 Å². The maximum Gasteiger partial charge on any atom is 0.319 e. The molecule has 4 heterocycles. The quantitative estimate of drug-likeness (QED) is 0.384. The largest absolute Gasteiger partial charge is 0.462 e. The van der Waals surface area contributed by atoms with Crippen molar-refractivity contribution in [2.45, 2.75) is 62.8 Å². The summed E-state index contributed by atoms with van der Waals surface area (Å²) >= 11 is 0. The molecule has 0 radical (unpaired) electrons. The van der Waals surface area contributed by atoms with E-state index in [9.17, 15) is 13.6 Å². The molecule has 3 fully saturated rings. The average molecular weight is 578 g/mol. The van der Waals surface area contributed by atoms with Crippen LogP contribution >= 0.6 is 0 Å². The van der Waals surface area contributed by atoms with E-state index >= 15 is 4.39 Å². The predicted octanol–water partition coefficient (Wildman–Crippen LogP) is 5.01. The van der Waals surface area contributed by atoms with Crippen molar-refractivity contribution >= 4 is 22.6 Å². The molecule has 1 aromatic heterocycles. The standard InChI is InChI=1S/C32H34F3N5O2/c1-18(33)31(41)39-11-10-28-29(39)16-40(28)30-25-13-26(35)24(23-9-5-7-19-6-3-4-8-22(19)23)14-27(25)36-32(37-30)42-17-21-12-20(34)15-38(21)2/h5,7,9,13-14,20-21,28-29H,1,3-4,6,8,10-12,15-17H2,2H3/t20-,21+,28?,29-/m1/s1. The smallest absolute Gasteiger partial charge is 0.319 e. The molecular weight excluding hydrogens is 543 g/mol. The van der Waals surface area contributed by atoms with Crippen LogP contribution in [0.15, 0.2) is 42.7 Å². The molecular formula is C32H34F3N5O2. The summed E-state index contributed by atoms with van der Waals surface area (Å²) in [5.74, 6) is -1.49. The Bertz CT molecular complexity index is 1580. The van der Waals surface area contributed by atoms with Crippen molar-refractivity contribution in [3.63, 3.8) is 0 Å². The third-order valence-electron chi connectivity index (χ3n) is 9.53. The first-order chi connectivity index (χ1) is 20.3. The highest BCUT2D eigenvalue weighted by Gasteiger charge is 2.50. The van der Waals surface area contributed by atoms with Gasteiger partial charge in [0, 0.05) is 36.6 Å². The highest BCUT2D eigenvalue weighted by Crippen LogP contribution is 2.42. The van der Waals surface area contributed by atoms with E-state index < -0.39 is 17.9 Å². The Morgan fingerprint density at radius 2 is 1.95 bits per heavy atom. The minimum atomic E-state index is -0.970. The Morgan fingerprint density at radius 3 is 2.74 bits per heavy atom. The molecule has 7 nitrogen and oxygen atoms in total. The fourth-order valence-electron chi connectivity index (χ4n) is 7.28. The van der Waals surface area contributed by atoms with Gasteiger partial charge in [-0.2, -0.15) is 9.97 Å². The third-order valence-corrected chi connectivity index (χ3v) is 9.53. The molecule has 7 rings (SSSR count). The maximum absolute atomic E-state index is 15.9. The second-order valence-corrected chi connectivity index (χ2v) is 12.0. The molecule has 2 aromatic carbocycles. The summed E-state index contributed by atoms with van der Waals surface area (Å²) in [6.07, 6.45) is 4.22. The lowest BCUT2D eigenvalue weighted by Gasteiger charge is -2.47. The lowest BCUT2D eigenvalue weighted by atomic mass is 9.85. The summed E-state index contributed by atoms with van der Waals surface area (Å²) < 4.78 is 49.6. The van der Waals surface area contributed by atoms with Gasteiger partial charge in [0.15, 0.2) is 5.83 Å². The minimum absolute atomic E-state index is 0.0867. The van der Waals surface area contributed by atoms with Crippen LogP contribution in [0.1, 0.15) is 36.8 Å². The average Bonchev–Trinajstić information content (AvgIpc) is 3.47. The Labute approximate surface area is 243 Å². The lowest BCUT2D eigenvalue weighted by Crippen LogP contribution is -2.63. The van der Waals surface area contributed by atoms with E-state index in [1.165, 1.54) is 22.1 Å². The zero-order valence-corrected chi connectivity index (χ0v) is 23.7. The molecule has 42 heavy (non-hydrogen) atoms. The third kappa shape index (κ3) is 4.60. The zero-order chi connectivity index (χ0) is 29.1. The molecule has 10 heteroatoms. The summed E-state index contributed by atoms with van der Waals surface area (Å²) in [4.78, 5) is 27.2. The monoisotopic (exact) mass is 577 g/mol. The highest BCUT2D eigenvalue weighted by molar-refractivity contribution is 5.95. The summed E-state index contributed by atoms with van der Waals surface area (Å²) in [6, 6.07) is 9.15. The Morgan fingerprint density at radius 1 is 1.12 bits per heavy atom. The number of hydrogen-bond acceptors (Lipinski definition) is 6. The molecule has 0 saturated carbocycles. The predicted molar refractivity (Wildman–Crippen MR) is 154 cm³/mol. The first kappa shape index (κ1) is 27.2. The van der Waals surface area contributed by atoms with E-state index in [0.29, 0.717) is 54.8 Å². The topological polar surface area (TPSA) is 61.8 Å². The second-order valence-electron chi connectivity index (χ2n) is 12.0. The van der Waals surface area contributed by atoms with Crippen molar-refractivity contribution in [3.8, 4) is 17.1 Å². The molecule has 1 aliphatic carbocycles. The van der Waals surface area contributed by atoms with Gasteiger partial charge in [0.2, 0.25) is 0 Å². The van der Waals surface area contributed by atoms with Crippen LogP contribution in [0.25, 0.3) is 22.0 Å². The van der Waals surface area contributed by atoms with Crippen LogP contribution in [-0.4, -0.2) is 83.3 Å². The van der Waals surface area contributed by atoms with Crippen LogP contribution in [0.4, 0.5) is 19.0 Å². The molecule has 1 unspecified atom stereocenters. The number of carbonyl (C=O) groups is 1. The van der Waals surface area contributed by atoms with E-state index in [2.05, 4.69) is 12.6 Å².